The number of nitriles is 1. The Morgan fingerprint density at radius 3 is 2.62 bits per heavy atom. The van der Waals surface area contributed by atoms with Gasteiger partial charge in [-0.1, -0.05) is 0 Å². The molecule has 0 saturated carbocycles. The number of rotatable bonds is 7. The number of carbonyl (C=O) groups excluding carboxylic acids is 1. The molecule has 0 fully saturated rings. The molecule has 12 heteroatoms. The number of hydrogen-bond donors (Lipinski definition) is 2. The van der Waals surface area contributed by atoms with E-state index in [-0.39, 0.29) is 26.9 Å². The normalized spacial score (nSPS) is 11.0. The lowest BCUT2D eigenvalue weighted by Crippen LogP contribution is -2.13. The quantitative estimate of drug-likeness (QED) is 0.424. The Bertz CT molecular complexity index is 1420. The van der Waals surface area contributed by atoms with Crippen molar-refractivity contribution in [3.63, 3.8) is 0 Å². The van der Waals surface area contributed by atoms with Crippen LogP contribution in [-0.2, 0) is 10.0 Å². The van der Waals surface area contributed by atoms with Gasteiger partial charge in [0.05, 0.1) is 27.9 Å². The van der Waals surface area contributed by atoms with Crippen molar-refractivity contribution < 1.29 is 17.9 Å². The first-order valence-electron chi connectivity index (χ1n) is 8.95. The van der Waals surface area contributed by atoms with E-state index in [4.69, 9.17) is 10.5 Å². The van der Waals surface area contributed by atoms with Gasteiger partial charge in [0, 0.05) is 17.8 Å². The van der Waals surface area contributed by atoms with Crippen LogP contribution >= 0.6 is 11.3 Å². The molecular weight excluding hydrogens is 452 g/mol. The fourth-order valence-electron chi connectivity index (χ4n) is 2.69. The largest absolute Gasteiger partial charge is 0.456 e. The molecule has 160 valence electrons. The summed E-state index contributed by atoms with van der Waals surface area (Å²) in [5.41, 5.74) is 6.23. The number of carbonyl (C=O) groups is 1. The first-order chi connectivity index (χ1) is 15.4. The zero-order chi connectivity index (χ0) is 22.7. The number of nitrogens with one attached hydrogen (secondary N) is 1. The second-order valence-corrected chi connectivity index (χ2v) is 8.92. The molecule has 4 aromatic rings. The van der Waals surface area contributed by atoms with Crippen molar-refractivity contribution >= 4 is 32.4 Å². The van der Waals surface area contributed by atoms with Crippen molar-refractivity contribution in [3.8, 4) is 23.3 Å². The average molecular weight is 467 g/mol. The van der Waals surface area contributed by atoms with Crippen LogP contribution in [-0.4, -0.2) is 29.1 Å². The Hall–Kier alpha value is -4.21. The Morgan fingerprint density at radius 2 is 2.00 bits per heavy atom. The molecule has 0 atom stereocenters. The van der Waals surface area contributed by atoms with Gasteiger partial charge in [0.25, 0.3) is 15.9 Å². The van der Waals surface area contributed by atoms with Crippen molar-refractivity contribution in [2.45, 2.75) is 4.90 Å². The maximum absolute atomic E-state index is 12.5. The molecule has 0 aliphatic rings. The molecule has 2 heterocycles. The van der Waals surface area contributed by atoms with Crippen LogP contribution in [0.1, 0.15) is 15.9 Å². The lowest BCUT2D eigenvalue weighted by Gasteiger charge is -2.10. The summed E-state index contributed by atoms with van der Waals surface area (Å²) >= 11 is 1.14. The smallest absolute Gasteiger partial charge is 0.263 e. The number of ether oxygens (including phenoxy) is 1. The number of nitrogens with zero attached hydrogens (tertiary/aromatic N) is 4. The van der Waals surface area contributed by atoms with Crippen molar-refractivity contribution in [3.05, 3.63) is 77.6 Å². The molecule has 0 radical (unpaired) electrons. The fraction of sp³-hybridized carbons (Fsp3) is 0. The van der Waals surface area contributed by atoms with E-state index in [9.17, 15) is 18.5 Å². The van der Waals surface area contributed by atoms with Crippen molar-refractivity contribution in [1.29, 1.82) is 5.26 Å². The summed E-state index contributed by atoms with van der Waals surface area (Å²) in [6, 6.07) is 12.6. The third-order valence-corrected chi connectivity index (χ3v) is 6.39. The molecule has 0 bridgehead atoms. The first kappa shape index (κ1) is 21.0. The minimum atomic E-state index is -3.90. The summed E-state index contributed by atoms with van der Waals surface area (Å²) in [6.07, 6.45) is 4.35. The first-order valence-corrected chi connectivity index (χ1v) is 11.3. The number of sulfonamides is 1. The third-order valence-electron chi connectivity index (χ3n) is 4.23. The third kappa shape index (κ3) is 4.43. The molecule has 0 spiro atoms. The second kappa shape index (κ2) is 8.50. The van der Waals surface area contributed by atoms with Crippen LogP contribution in [0.25, 0.3) is 5.69 Å². The molecule has 10 nitrogen and oxygen atoms in total. The van der Waals surface area contributed by atoms with Crippen LogP contribution in [0.3, 0.4) is 0 Å². The summed E-state index contributed by atoms with van der Waals surface area (Å²) in [4.78, 5) is 15.0. The number of nitrogens with two attached hydrogens (primary N) is 1. The Morgan fingerprint density at radius 1 is 1.22 bits per heavy atom. The lowest BCUT2D eigenvalue weighted by atomic mass is 10.2. The van der Waals surface area contributed by atoms with E-state index in [1.165, 1.54) is 41.5 Å². The van der Waals surface area contributed by atoms with Crippen molar-refractivity contribution in [2.24, 2.45) is 5.73 Å². The molecule has 0 saturated heterocycles. The molecule has 0 unspecified atom stereocenters. The van der Waals surface area contributed by atoms with E-state index < -0.39 is 15.9 Å². The van der Waals surface area contributed by atoms with Gasteiger partial charge < -0.3 is 10.5 Å². The average Bonchev–Trinajstić information content (AvgIpc) is 3.46. The van der Waals surface area contributed by atoms with E-state index >= 15 is 0 Å². The van der Waals surface area contributed by atoms with Gasteiger partial charge in [-0.3, -0.25) is 9.52 Å². The summed E-state index contributed by atoms with van der Waals surface area (Å²) in [5, 5.41) is 15.4. The molecule has 3 N–H and O–H groups in total. The Balaban J connectivity index is 1.54. The molecule has 32 heavy (non-hydrogen) atoms. The van der Waals surface area contributed by atoms with Gasteiger partial charge in [-0.2, -0.15) is 10.4 Å². The molecular formula is C20H14N6O4S2. The predicted octanol–water partition coefficient (Wildman–Crippen LogP) is 2.89. The van der Waals surface area contributed by atoms with Crippen LogP contribution < -0.4 is 15.2 Å². The number of primary amides is 1. The molecule has 0 aliphatic heterocycles. The summed E-state index contributed by atoms with van der Waals surface area (Å²) in [7, 11) is -3.90. The summed E-state index contributed by atoms with van der Waals surface area (Å²) < 4.78 is 34.6. The van der Waals surface area contributed by atoms with E-state index in [1.54, 1.807) is 29.6 Å². The maximum Gasteiger partial charge on any atom is 0.263 e. The fourth-order valence-corrected chi connectivity index (χ4v) is 4.50. The van der Waals surface area contributed by atoms with E-state index in [0.29, 0.717) is 11.4 Å². The SMILES string of the molecule is N#Cc1cc(S(=O)(=O)Nc2nccs2)ccc1Oc1ccc(-n2cc(C(N)=O)cn2)cc1. The van der Waals surface area contributed by atoms with Gasteiger partial charge in [0.15, 0.2) is 5.13 Å². The minimum Gasteiger partial charge on any atom is -0.456 e. The minimum absolute atomic E-state index is 0.0502. The zero-order valence-electron chi connectivity index (χ0n) is 16.2. The monoisotopic (exact) mass is 466 g/mol. The molecule has 1 amide bonds. The van der Waals surface area contributed by atoms with Gasteiger partial charge in [-0.25, -0.2) is 18.1 Å². The predicted molar refractivity (Wildman–Crippen MR) is 116 cm³/mol. The molecule has 2 aromatic heterocycles. The lowest BCUT2D eigenvalue weighted by molar-refractivity contribution is 0.1000. The summed E-state index contributed by atoms with van der Waals surface area (Å²) in [5.74, 6) is 0.0418. The van der Waals surface area contributed by atoms with Gasteiger partial charge in [0.2, 0.25) is 0 Å². The summed E-state index contributed by atoms with van der Waals surface area (Å²) in [6.45, 7) is 0. The molecule has 0 aliphatic carbocycles. The van der Waals surface area contributed by atoms with Gasteiger partial charge in [0.1, 0.15) is 17.6 Å². The highest BCUT2D eigenvalue weighted by molar-refractivity contribution is 7.93. The van der Waals surface area contributed by atoms with Crippen LogP contribution in [0.15, 0.2) is 71.3 Å². The van der Waals surface area contributed by atoms with E-state index in [1.807, 2.05) is 6.07 Å². The standard InChI is InChI=1S/C20H14N6O4S2/c21-10-13-9-17(32(28,29)25-20-23-7-8-31-20)5-6-18(13)30-16-3-1-15(2-4-16)26-12-14(11-24-26)19(22)27/h1-9,11-12H,(H2,22,27)(H,23,25). The highest BCUT2D eigenvalue weighted by Gasteiger charge is 2.18. The van der Waals surface area contributed by atoms with Crippen LogP contribution in [0, 0.1) is 11.3 Å². The van der Waals surface area contributed by atoms with E-state index in [0.717, 1.165) is 11.3 Å². The number of amides is 1. The Labute approximate surface area is 186 Å². The van der Waals surface area contributed by atoms with E-state index in [2.05, 4.69) is 14.8 Å². The van der Waals surface area contributed by atoms with Gasteiger partial charge in [-0.05, 0) is 42.5 Å². The number of benzene rings is 2. The molecule has 4 rings (SSSR count). The second-order valence-electron chi connectivity index (χ2n) is 6.35. The number of anilines is 1. The zero-order valence-corrected chi connectivity index (χ0v) is 17.8. The Kier molecular flexibility index (Phi) is 5.59. The van der Waals surface area contributed by atoms with Crippen LogP contribution in [0.2, 0.25) is 0 Å². The van der Waals surface area contributed by atoms with Crippen molar-refractivity contribution in [1.82, 2.24) is 14.8 Å². The highest BCUT2D eigenvalue weighted by atomic mass is 32.2. The van der Waals surface area contributed by atoms with Crippen LogP contribution in [0.5, 0.6) is 11.5 Å². The number of hydrogen-bond acceptors (Lipinski definition) is 8. The molecule has 2 aromatic carbocycles. The topological polar surface area (TPSA) is 153 Å². The van der Waals surface area contributed by atoms with Gasteiger partial charge in [-0.15, -0.1) is 11.3 Å². The number of thiazole rings is 1. The van der Waals surface area contributed by atoms with Gasteiger partial charge >= 0.3 is 0 Å². The van der Waals surface area contributed by atoms with Crippen molar-refractivity contribution in [2.75, 3.05) is 4.72 Å². The number of aromatic nitrogens is 3. The maximum atomic E-state index is 12.5. The van der Waals surface area contributed by atoms with Crippen LogP contribution in [0.4, 0.5) is 5.13 Å². The highest BCUT2D eigenvalue weighted by Crippen LogP contribution is 2.29.